The maximum Gasteiger partial charge on any atom is 0.407 e. The highest BCUT2D eigenvalue weighted by Gasteiger charge is 2.21. The van der Waals surface area contributed by atoms with Crippen LogP contribution in [0.1, 0.15) is 11.1 Å². The topological polar surface area (TPSA) is 177 Å². The lowest BCUT2D eigenvalue weighted by Gasteiger charge is -2.13. The van der Waals surface area contributed by atoms with Crippen LogP contribution in [0, 0.1) is 0 Å². The molecule has 0 radical (unpaired) electrons. The monoisotopic (exact) mass is 448 g/mol. The second kappa shape index (κ2) is 13.9. The molecule has 2 aromatic rings. The molecule has 4 N–H and O–H groups in total. The average molecular weight is 448 g/mol. The molecule has 32 heavy (non-hydrogen) atoms. The van der Waals surface area contributed by atoms with E-state index >= 15 is 0 Å². The Bertz CT molecular complexity index is 806. The lowest BCUT2D eigenvalue weighted by molar-refractivity contribution is -0.140. The van der Waals surface area contributed by atoms with E-state index in [0.717, 1.165) is 11.1 Å². The molecule has 2 aromatic heterocycles. The molecule has 0 saturated heterocycles. The van der Waals surface area contributed by atoms with E-state index in [2.05, 4.69) is 30.1 Å². The number of aliphatic carboxylic acids is 2. The number of carbonyl (C=O) groups excluding carboxylic acids is 2. The van der Waals surface area contributed by atoms with Gasteiger partial charge in [0.2, 0.25) is 0 Å². The molecule has 0 fully saturated rings. The highest BCUT2D eigenvalue weighted by molar-refractivity contribution is 5.80. The number of aromatic nitrogens is 2. The van der Waals surface area contributed by atoms with E-state index in [0.29, 0.717) is 0 Å². The molecule has 2 rings (SSSR count). The number of ether oxygens (including phenoxy) is 2. The smallest absolute Gasteiger partial charge is 0.407 e. The number of carbonyl (C=O) groups is 4. The van der Waals surface area contributed by atoms with E-state index in [1.807, 2.05) is 0 Å². The molecule has 0 unspecified atom stereocenters. The van der Waals surface area contributed by atoms with E-state index in [1.54, 1.807) is 49.1 Å². The third-order valence-corrected chi connectivity index (χ3v) is 3.93. The molecular weight excluding hydrogens is 424 g/mol. The van der Waals surface area contributed by atoms with Crippen LogP contribution in [0.15, 0.2) is 49.1 Å². The van der Waals surface area contributed by atoms with Crippen LogP contribution < -0.4 is 10.6 Å². The number of rotatable bonds is 8. The quantitative estimate of drug-likeness (QED) is 0.453. The van der Waals surface area contributed by atoms with Gasteiger partial charge < -0.3 is 30.3 Å². The second-order valence-electron chi connectivity index (χ2n) is 6.17. The SMILES string of the molecule is COC(=O)N[C@@H](Cc1ccncc1)C(=O)O.COC(=O)N[C@@H](Cc1ccncc1)C(=O)O. The molecule has 2 amide bonds. The summed E-state index contributed by atoms with van der Waals surface area (Å²) in [4.78, 5) is 51.2. The largest absolute Gasteiger partial charge is 0.480 e. The summed E-state index contributed by atoms with van der Waals surface area (Å²) in [5.41, 5.74) is 1.55. The summed E-state index contributed by atoms with van der Waals surface area (Å²) in [6.07, 6.45) is 5.10. The van der Waals surface area contributed by atoms with Gasteiger partial charge in [-0.25, -0.2) is 19.2 Å². The van der Waals surface area contributed by atoms with Crippen molar-refractivity contribution in [2.45, 2.75) is 24.9 Å². The molecule has 12 nitrogen and oxygen atoms in total. The molecule has 0 aliphatic heterocycles. The Labute approximate surface area is 183 Å². The van der Waals surface area contributed by atoms with Gasteiger partial charge in [0.1, 0.15) is 12.1 Å². The summed E-state index contributed by atoms with van der Waals surface area (Å²) in [7, 11) is 2.36. The normalized spacial score (nSPS) is 11.6. The number of nitrogens with zero attached hydrogens (tertiary/aromatic N) is 2. The van der Waals surface area contributed by atoms with Crippen LogP contribution in [0.25, 0.3) is 0 Å². The summed E-state index contributed by atoms with van der Waals surface area (Å²) in [5.74, 6) is -2.22. The van der Waals surface area contributed by atoms with Crippen LogP contribution in [0.3, 0.4) is 0 Å². The first-order valence-corrected chi connectivity index (χ1v) is 9.19. The molecule has 172 valence electrons. The van der Waals surface area contributed by atoms with Crippen molar-refractivity contribution in [3.63, 3.8) is 0 Å². The van der Waals surface area contributed by atoms with Gasteiger partial charge in [-0.1, -0.05) is 0 Å². The molecule has 0 spiro atoms. The van der Waals surface area contributed by atoms with Gasteiger partial charge in [-0.3, -0.25) is 9.97 Å². The van der Waals surface area contributed by atoms with Crippen molar-refractivity contribution in [1.82, 2.24) is 20.6 Å². The number of nitrogens with one attached hydrogen (secondary N) is 2. The van der Waals surface area contributed by atoms with Crippen LogP contribution in [0.2, 0.25) is 0 Å². The first-order chi connectivity index (χ1) is 15.3. The number of alkyl carbamates (subject to hydrolysis) is 2. The van der Waals surface area contributed by atoms with E-state index in [-0.39, 0.29) is 12.8 Å². The molecule has 2 heterocycles. The van der Waals surface area contributed by atoms with Gasteiger partial charge in [-0.15, -0.1) is 0 Å². The van der Waals surface area contributed by atoms with Crippen molar-refractivity contribution in [3.05, 3.63) is 60.2 Å². The van der Waals surface area contributed by atoms with Crippen LogP contribution in [-0.4, -0.2) is 70.6 Å². The molecule has 0 bridgehead atoms. The van der Waals surface area contributed by atoms with Gasteiger partial charge in [0, 0.05) is 37.6 Å². The van der Waals surface area contributed by atoms with Crippen molar-refractivity contribution in [2.24, 2.45) is 0 Å². The predicted octanol–water partition coefficient (Wildman–Crippen LogP) is 0.867. The van der Waals surface area contributed by atoms with Crippen molar-refractivity contribution in [3.8, 4) is 0 Å². The van der Waals surface area contributed by atoms with Gasteiger partial charge in [-0.05, 0) is 35.4 Å². The van der Waals surface area contributed by atoms with Gasteiger partial charge in [0.25, 0.3) is 0 Å². The van der Waals surface area contributed by atoms with Crippen LogP contribution in [-0.2, 0) is 31.9 Å². The zero-order valence-corrected chi connectivity index (χ0v) is 17.4. The average Bonchev–Trinajstić information content (AvgIpc) is 2.79. The molecule has 12 heteroatoms. The fourth-order valence-electron chi connectivity index (χ4n) is 2.31. The van der Waals surface area contributed by atoms with E-state index in [4.69, 9.17) is 10.2 Å². The van der Waals surface area contributed by atoms with Crippen LogP contribution >= 0.6 is 0 Å². The minimum absolute atomic E-state index is 0.187. The van der Waals surface area contributed by atoms with Crippen molar-refractivity contribution in [1.29, 1.82) is 0 Å². The van der Waals surface area contributed by atoms with Crippen LogP contribution in [0.5, 0.6) is 0 Å². The summed E-state index contributed by atoms with van der Waals surface area (Å²) in [6, 6.07) is 4.75. The fourth-order valence-corrected chi connectivity index (χ4v) is 2.31. The first kappa shape index (κ1) is 25.8. The fraction of sp³-hybridized carbons (Fsp3) is 0.300. The van der Waals surface area contributed by atoms with Crippen molar-refractivity contribution >= 4 is 24.1 Å². The molecule has 0 aliphatic rings. The number of methoxy groups -OCH3 is 2. The van der Waals surface area contributed by atoms with E-state index in [1.165, 1.54) is 14.2 Å². The summed E-state index contributed by atoms with van der Waals surface area (Å²) in [5, 5.41) is 22.3. The lowest BCUT2D eigenvalue weighted by atomic mass is 10.1. The Morgan fingerprint density at radius 2 is 1.06 bits per heavy atom. The lowest BCUT2D eigenvalue weighted by Crippen LogP contribution is -2.42. The highest BCUT2D eigenvalue weighted by atomic mass is 16.5. The Balaban J connectivity index is 0.000000320. The minimum atomic E-state index is -1.11. The number of hydrogen-bond donors (Lipinski definition) is 4. The molecule has 0 aliphatic carbocycles. The Morgan fingerprint density at radius 1 is 0.750 bits per heavy atom. The number of hydrogen-bond acceptors (Lipinski definition) is 8. The van der Waals surface area contributed by atoms with Crippen molar-refractivity contribution < 1.29 is 38.9 Å². The molecular formula is C20H24N4O8. The Kier molecular flexibility index (Phi) is 11.2. The number of pyridine rings is 2. The molecule has 0 aromatic carbocycles. The third-order valence-electron chi connectivity index (χ3n) is 3.93. The van der Waals surface area contributed by atoms with Gasteiger partial charge in [0.15, 0.2) is 0 Å². The molecule has 0 saturated carbocycles. The van der Waals surface area contributed by atoms with Crippen molar-refractivity contribution in [2.75, 3.05) is 14.2 Å². The zero-order valence-electron chi connectivity index (χ0n) is 17.4. The summed E-state index contributed by atoms with van der Waals surface area (Å²) < 4.78 is 8.69. The first-order valence-electron chi connectivity index (χ1n) is 9.19. The number of carboxylic acid groups (broad SMARTS) is 2. The molecule has 2 atom stereocenters. The number of carboxylic acids is 2. The minimum Gasteiger partial charge on any atom is -0.480 e. The van der Waals surface area contributed by atoms with E-state index < -0.39 is 36.2 Å². The maximum atomic E-state index is 10.9. The Hall–Kier alpha value is -4.22. The van der Waals surface area contributed by atoms with Gasteiger partial charge in [-0.2, -0.15) is 0 Å². The van der Waals surface area contributed by atoms with E-state index in [9.17, 15) is 19.2 Å². The third kappa shape index (κ3) is 10.0. The standard InChI is InChI=1S/2C10H12N2O4/c2*1-16-10(15)12-8(9(13)14)6-7-2-4-11-5-3-7/h2*2-5,8H,6H2,1H3,(H,12,15)(H,13,14)/t2*8-/m00/s1. The van der Waals surface area contributed by atoms with Gasteiger partial charge >= 0.3 is 24.1 Å². The van der Waals surface area contributed by atoms with Crippen LogP contribution in [0.4, 0.5) is 9.59 Å². The Morgan fingerprint density at radius 3 is 1.31 bits per heavy atom. The predicted molar refractivity (Wildman–Crippen MR) is 110 cm³/mol. The van der Waals surface area contributed by atoms with Gasteiger partial charge in [0.05, 0.1) is 14.2 Å². The summed E-state index contributed by atoms with van der Waals surface area (Å²) >= 11 is 0. The zero-order chi connectivity index (χ0) is 23.9. The maximum absolute atomic E-state index is 10.9. The highest BCUT2D eigenvalue weighted by Crippen LogP contribution is 2.03. The second-order valence-corrected chi connectivity index (χ2v) is 6.17. The summed E-state index contributed by atoms with van der Waals surface area (Å²) in [6.45, 7) is 0. The number of amides is 2.